The van der Waals surface area contributed by atoms with Crippen LogP contribution in [0.4, 0.5) is 0 Å². The molecule has 0 saturated carbocycles. The van der Waals surface area contributed by atoms with Crippen molar-refractivity contribution in [2.24, 2.45) is 5.73 Å². The zero-order valence-corrected chi connectivity index (χ0v) is 54.7. The summed E-state index contributed by atoms with van der Waals surface area (Å²) in [6.07, 6.45) is 84.2. The number of allylic oxidation sites excluding steroid dienone is 6. The highest BCUT2D eigenvalue weighted by Crippen LogP contribution is 2.43. The maximum absolute atomic E-state index is 12.7. The van der Waals surface area contributed by atoms with Crippen molar-refractivity contribution in [3.05, 3.63) is 36.5 Å². The highest BCUT2D eigenvalue weighted by Gasteiger charge is 2.26. The Hall–Kier alpha value is -1.77. The first-order valence-electron chi connectivity index (χ1n) is 35.5. The van der Waals surface area contributed by atoms with Gasteiger partial charge in [-0.05, 0) is 51.4 Å². The van der Waals surface area contributed by atoms with Crippen LogP contribution in [0.1, 0.15) is 373 Å². The molecule has 9 nitrogen and oxygen atoms in total. The van der Waals surface area contributed by atoms with E-state index in [0.717, 1.165) is 70.6 Å². The van der Waals surface area contributed by atoms with E-state index in [1.165, 1.54) is 270 Å². The smallest absolute Gasteiger partial charge is 0.462 e. The molecule has 81 heavy (non-hydrogen) atoms. The normalized spacial score (nSPS) is 13.1. The zero-order valence-electron chi connectivity index (χ0n) is 53.8. The molecular weight excluding hydrogens is 1030 g/mol. The molecule has 0 rings (SSSR count). The first-order chi connectivity index (χ1) is 39.8. The second-order valence-corrected chi connectivity index (χ2v) is 25.6. The third kappa shape index (κ3) is 67.2. The maximum Gasteiger partial charge on any atom is 0.472 e. The van der Waals surface area contributed by atoms with E-state index in [-0.39, 0.29) is 38.6 Å². The number of rotatable bonds is 68. The van der Waals surface area contributed by atoms with Crippen LogP contribution in [0.5, 0.6) is 0 Å². The van der Waals surface area contributed by atoms with Gasteiger partial charge in [-0.25, -0.2) is 4.57 Å². The van der Waals surface area contributed by atoms with Crippen molar-refractivity contribution in [2.75, 3.05) is 26.4 Å². The van der Waals surface area contributed by atoms with E-state index >= 15 is 0 Å². The number of nitrogens with two attached hydrogens (primary N) is 1. The number of esters is 2. The molecule has 0 spiro atoms. The predicted octanol–water partition coefficient (Wildman–Crippen LogP) is 23.1. The summed E-state index contributed by atoms with van der Waals surface area (Å²) in [6.45, 7) is 3.76. The summed E-state index contributed by atoms with van der Waals surface area (Å²) in [5.74, 6) is -0.826. The van der Waals surface area contributed by atoms with Crippen LogP contribution in [0.3, 0.4) is 0 Å². The molecule has 0 fully saturated rings. The number of phosphoric ester groups is 1. The highest BCUT2D eigenvalue weighted by atomic mass is 31.2. The lowest BCUT2D eigenvalue weighted by Crippen LogP contribution is -2.29. The molecule has 0 amide bonds. The molecule has 3 N–H and O–H groups in total. The molecule has 478 valence electrons. The Balaban J connectivity index is 3.72. The largest absolute Gasteiger partial charge is 0.472 e. The van der Waals surface area contributed by atoms with Crippen molar-refractivity contribution >= 4 is 19.8 Å². The van der Waals surface area contributed by atoms with Crippen LogP contribution in [-0.4, -0.2) is 49.3 Å². The fourth-order valence-electron chi connectivity index (χ4n) is 10.8. The monoisotopic (exact) mass is 1160 g/mol. The molecule has 0 aromatic heterocycles. The van der Waals surface area contributed by atoms with Gasteiger partial charge in [-0.3, -0.25) is 18.6 Å². The van der Waals surface area contributed by atoms with E-state index in [1.807, 2.05) is 0 Å². The number of carbonyl (C=O) groups excluding carboxylic acids is 2. The summed E-state index contributed by atoms with van der Waals surface area (Å²) in [4.78, 5) is 35.3. The molecule has 0 aliphatic rings. The average molecular weight is 1160 g/mol. The first kappa shape index (κ1) is 79.2. The van der Waals surface area contributed by atoms with E-state index < -0.39 is 26.5 Å². The number of unbranched alkanes of at least 4 members (excludes halogenated alkanes) is 49. The second kappa shape index (κ2) is 67.4. The third-order valence-electron chi connectivity index (χ3n) is 16.0. The van der Waals surface area contributed by atoms with Crippen LogP contribution in [0.2, 0.25) is 0 Å². The first-order valence-corrected chi connectivity index (χ1v) is 37.0. The van der Waals surface area contributed by atoms with Crippen molar-refractivity contribution in [1.82, 2.24) is 0 Å². The summed E-state index contributed by atoms with van der Waals surface area (Å²) in [7, 11) is -4.39. The Morgan fingerprint density at radius 1 is 0.370 bits per heavy atom. The minimum Gasteiger partial charge on any atom is -0.462 e. The topological polar surface area (TPSA) is 134 Å². The van der Waals surface area contributed by atoms with E-state index in [4.69, 9.17) is 24.3 Å². The summed E-state index contributed by atoms with van der Waals surface area (Å²) in [5.41, 5.74) is 5.39. The molecule has 0 aliphatic carbocycles. The van der Waals surface area contributed by atoms with Crippen molar-refractivity contribution < 1.29 is 37.6 Å². The van der Waals surface area contributed by atoms with Gasteiger partial charge in [-0.2, -0.15) is 0 Å². The molecule has 0 aromatic carbocycles. The molecule has 2 atom stereocenters. The van der Waals surface area contributed by atoms with Gasteiger partial charge in [0.15, 0.2) is 6.10 Å². The standard InChI is InChI=1S/C71H136NO8P/c1-3-5-7-9-11-13-15-17-19-21-23-24-25-26-27-28-29-30-31-32-33-34-35-36-37-38-39-40-41-42-43-44-46-47-49-51-53-55-57-59-61-63-70(73)77-67-69(68-79-81(75,76)78-66-65-72)80-71(74)64-62-60-58-56-54-52-50-48-45-22-20-18-16-14-12-10-8-6-4-2/h12,14,18,20,45,48,69H,3-11,13,15-17,19,21-44,46-47,49-68,72H2,1-2H3,(H,75,76)/b14-12-,20-18-,48-45-. The minimum atomic E-state index is -4.39. The molecule has 0 aliphatic heterocycles. The van der Waals surface area contributed by atoms with Crippen molar-refractivity contribution in [1.29, 1.82) is 0 Å². The van der Waals surface area contributed by atoms with Gasteiger partial charge in [0.25, 0.3) is 0 Å². The van der Waals surface area contributed by atoms with E-state index in [0.29, 0.717) is 6.42 Å². The van der Waals surface area contributed by atoms with Crippen molar-refractivity contribution in [2.45, 2.75) is 380 Å². The zero-order chi connectivity index (χ0) is 58.7. The SMILES string of the molecule is CCCCC/C=C\C/C=C\C/C=C\CCCCCCCCC(=O)OC(COC(=O)CCCCCCCCCCCCCCCCCCCCCCCCCCCCCCCCCCCCCCCCCCC)COP(=O)(O)OCCN. The number of ether oxygens (including phenoxy) is 2. The second-order valence-electron chi connectivity index (χ2n) is 24.1. The molecule has 2 unspecified atom stereocenters. The number of hydrogen-bond acceptors (Lipinski definition) is 8. The van der Waals surface area contributed by atoms with Gasteiger partial charge >= 0.3 is 19.8 Å². The van der Waals surface area contributed by atoms with Crippen molar-refractivity contribution in [3.8, 4) is 0 Å². The fraction of sp³-hybridized carbons (Fsp3) is 0.887. The predicted molar refractivity (Wildman–Crippen MR) is 349 cm³/mol. The molecular formula is C71H136NO8P. The third-order valence-corrected chi connectivity index (χ3v) is 17.0. The Kier molecular flexibility index (Phi) is 65.9. The summed E-state index contributed by atoms with van der Waals surface area (Å²) < 4.78 is 33.1. The van der Waals surface area contributed by atoms with E-state index in [1.54, 1.807) is 0 Å². The average Bonchev–Trinajstić information content (AvgIpc) is 3.46. The molecule has 10 heteroatoms. The van der Waals surface area contributed by atoms with Crippen LogP contribution in [0.15, 0.2) is 36.5 Å². The minimum absolute atomic E-state index is 0.0520. The summed E-state index contributed by atoms with van der Waals surface area (Å²) in [5, 5.41) is 0. The Bertz CT molecular complexity index is 1420. The van der Waals surface area contributed by atoms with Gasteiger partial charge in [-0.15, -0.1) is 0 Å². The Morgan fingerprint density at radius 2 is 0.642 bits per heavy atom. The van der Waals surface area contributed by atoms with Crippen LogP contribution >= 0.6 is 7.82 Å². The fourth-order valence-corrected chi connectivity index (χ4v) is 11.5. The van der Waals surface area contributed by atoms with Gasteiger partial charge in [0.05, 0.1) is 13.2 Å². The Labute approximate surface area is 503 Å². The van der Waals surface area contributed by atoms with E-state index in [9.17, 15) is 19.0 Å². The summed E-state index contributed by atoms with van der Waals surface area (Å²) in [6, 6.07) is 0. The van der Waals surface area contributed by atoms with Gasteiger partial charge in [0, 0.05) is 19.4 Å². The van der Waals surface area contributed by atoms with Gasteiger partial charge in [0.2, 0.25) is 0 Å². The molecule has 0 saturated heterocycles. The maximum atomic E-state index is 12.7. The van der Waals surface area contributed by atoms with Crippen LogP contribution in [0, 0.1) is 0 Å². The summed E-state index contributed by atoms with van der Waals surface area (Å²) >= 11 is 0. The van der Waals surface area contributed by atoms with Crippen LogP contribution < -0.4 is 5.73 Å². The number of phosphoric acid groups is 1. The van der Waals surface area contributed by atoms with Crippen LogP contribution in [-0.2, 0) is 32.7 Å². The van der Waals surface area contributed by atoms with Crippen LogP contribution in [0.25, 0.3) is 0 Å². The molecule has 0 bridgehead atoms. The lowest BCUT2D eigenvalue weighted by atomic mass is 10.0. The van der Waals surface area contributed by atoms with Crippen molar-refractivity contribution in [3.63, 3.8) is 0 Å². The van der Waals surface area contributed by atoms with Gasteiger partial charge < -0.3 is 20.1 Å². The molecule has 0 heterocycles. The quantitative estimate of drug-likeness (QED) is 0.0264. The Morgan fingerprint density at radius 3 is 0.975 bits per heavy atom. The van der Waals surface area contributed by atoms with Gasteiger partial charge in [0.1, 0.15) is 6.61 Å². The highest BCUT2D eigenvalue weighted by molar-refractivity contribution is 7.47. The lowest BCUT2D eigenvalue weighted by molar-refractivity contribution is -0.161. The molecule has 0 aromatic rings. The van der Waals surface area contributed by atoms with E-state index in [2.05, 4.69) is 50.3 Å². The number of hydrogen-bond donors (Lipinski definition) is 2. The number of carbonyl (C=O) groups is 2. The van der Waals surface area contributed by atoms with Gasteiger partial charge in [-0.1, -0.05) is 346 Å². The lowest BCUT2D eigenvalue weighted by Gasteiger charge is -2.19. The molecule has 0 radical (unpaired) electrons.